The summed E-state index contributed by atoms with van der Waals surface area (Å²) in [6.07, 6.45) is 7.10. The summed E-state index contributed by atoms with van der Waals surface area (Å²) in [4.78, 5) is 12.0. The Labute approximate surface area is 98.2 Å². The molecule has 2 rings (SSSR count). The van der Waals surface area contributed by atoms with Gasteiger partial charge in [-0.2, -0.15) is 0 Å². The molecule has 0 bridgehead atoms. The van der Waals surface area contributed by atoms with E-state index in [-0.39, 0.29) is 11.8 Å². The second-order valence-electron chi connectivity index (χ2n) is 5.60. The van der Waals surface area contributed by atoms with Crippen molar-refractivity contribution in [3.05, 3.63) is 0 Å². The minimum absolute atomic E-state index is 0.192. The predicted octanol–water partition coefficient (Wildman–Crippen LogP) is 1.67. The van der Waals surface area contributed by atoms with Crippen molar-refractivity contribution in [3.8, 4) is 0 Å². The molecule has 1 amide bonds. The molecule has 2 fully saturated rings. The van der Waals surface area contributed by atoms with Crippen LogP contribution in [0, 0.1) is 17.3 Å². The Balaban J connectivity index is 1.79. The largest absolute Gasteiger partial charge is 0.355 e. The molecule has 2 saturated carbocycles. The van der Waals surface area contributed by atoms with Gasteiger partial charge in [0.1, 0.15) is 0 Å². The van der Waals surface area contributed by atoms with E-state index in [0.29, 0.717) is 17.9 Å². The molecule has 0 heterocycles. The van der Waals surface area contributed by atoms with E-state index < -0.39 is 0 Å². The van der Waals surface area contributed by atoms with Gasteiger partial charge in [-0.1, -0.05) is 13.3 Å². The minimum atomic E-state index is 0.192. The summed E-state index contributed by atoms with van der Waals surface area (Å²) in [6, 6.07) is 0. The Hall–Kier alpha value is -0.570. The first-order valence-electron chi connectivity index (χ1n) is 6.68. The SMILES string of the molecule is CCC1(CNC(=O)[C@@H]2CCC[C@@H]2CN)CC1. The second kappa shape index (κ2) is 4.74. The zero-order valence-corrected chi connectivity index (χ0v) is 10.3. The van der Waals surface area contributed by atoms with Gasteiger partial charge >= 0.3 is 0 Å². The van der Waals surface area contributed by atoms with Crippen LogP contribution in [-0.2, 0) is 4.79 Å². The summed E-state index contributed by atoms with van der Waals surface area (Å²) < 4.78 is 0. The molecular formula is C13H24N2O. The zero-order valence-electron chi connectivity index (χ0n) is 10.3. The van der Waals surface area contributed by atoms with Crippen molar-refractivity contribution in [3.63, 3.8) is 0 Å². The maximum Gasteiger partial charge on any atom is 0.223 e. The van der Waals surface area contributed by atoms with Crippen LogP contribution in [0.15, 0.2) is 0 Å². The van der Waals surface area contributed by atoms with Gasteiger partial charge in [0.15, 0.2) is 0 Å². The maximum absolute atomic E-state index is 12.0. The van der Waals surface area contributed by atoms with Crippen molar-refractivity contribution < 1.29 is 4.79 Å². The molecule has 3 nitrogen and oxygen atoms in total. The quantitative estimate of drug-likeness (QED) is 0.746. The lowest BCUT2D eigenvalue weighted by Gasteiger charge is -2.20. The average molecular weight is 224 g/mol. The lowest BCUT2D eigenvalue weighted by molar-refractivity contribution is -0.126. The van der Waals surface area contributed by atoms with Crippen LogP contribution < -0.4 is 11.1 Å². The van der Waals surface area contributed by atoms with Gasteiger partial charge in [0, 0.05) is 12.5 Å². The molecule has 0 aliphatic heterocycles. The predicted molar refractivity (Wildman–Crippen MR) is 64.9 cm³/mol. The fraction of sp³-hybridized carbons (Fsp3) is 0.923. The van der Waals surface area contributed by atoms with Crippen molar-refractivity contribution in [2.75, 3.05) is 13.1 Å². The van der Waals surface area contributed by atoms with E-state index in [1.165, 1.54) is 25.7 Å². The molecule has 0 spiro atoms. The Bertz CT molecular complexity index is 261. The first-order valence-corrected chi connectivity index (χ1v) is 6.68. The normalized spacial score (nSPS) is 31.4. The molecular weight excluding hydrogens is 200 g/mol. The molecule has 2 aliphatic carbocycles. The number of nitrogens with two attached hydrogens (primary N) is 1. The number of hydrogen-bond acceptors (Lipinski definition) is 2. The summed E-state index contributed by atoms with van der Waals surface area (Å²) in [5, 5.41) is 3.15. The summed E-state index contributed by atoms with van der Waals surface area (Å²) in [7, 11) is 0. The highest BCUT2D eigenvalue weighted by Crippen LogP contribution is 2.48. The summed E-state index contributed by atoms with van der Waals surface area (Å²) >= 11 is 0. The molecule has 16 heavy (non-hydrogen) atoms. The zero-order chi connectivity index (χ0) is 11.6. The van der Waals surface area contributed by atoms with E-state index in [4.69, 9.17) is 5.73 Å². The number of carbonyl (C=O) groups is 1. The Morgan fingerprint density at radius 2 is 2.19 bits per heavy atom. The summed E-state index contributed by atoms with van der Waals surface area (Å²) in [5.41, 5.74) is 6.15. The van der Waals surface area contributed by atoms with Gasteiger partial charge in [0.25, 0.3) is 0 Å². The topological polar surface area (TPSA) is 55.1 Å². The van der Waals surface area contributed by atoms with Crippen LogP contribution in [0.1, 0.15) is 45.4 Å². The minimum Gasteiger partial charge on any atom is -0.355 e. The van der Waals surface area contributed by atoms with Crippen LogP contribution in [0.4, 0.5) is 0 Å². The van der Waals surface area contributed by atoms with Crippen LogP contribution in [0.2, 0.25) is 0 Å². The van der Waals surface area contributed by atoms with Crippen LogP contribution in [-0.4, -0.2) is 19.0 Å². The summed E-state index contributed by atoms with van der Waals surface area (Å²) in [6.45, 7) is 3.77. The van der Waals surface area contributed by atoms with E-state index in [2.05, 4.69) is 12.2 Å². The maximum atomic E-state index is 12.0. The van der Waals surface area contributed by atoms with Crippen molar-refractivity contribution in [2.24, 2.45) is 23.0 Å². The van der Waals surface area contributed by atoms with E-state index >= 15 is 0 Å². The van der Waals surface area contributed by atoms with Crippen LogP contribution in [0.3, 0.4) is 0 Å². The smallest absolute Gasteiger partial charge is 0.223 e. The molecule has 0 aromatic heterocycles. The highest BCUT2D eigenvalue weighted by Gasteiger charge is 2.41. The third-order valence-electron chi connectivity index (χ3n) is 4.64. The monoisotopic (exact) mass is 224 g/mol. The fourth-order valence-electron chi connectivity index (χ4n) is 2.90. The number of rotatable bonds is 5. The molecule has 3 heteroatoms. The molecule has 92 valence electrons. The average Bonchev–Trinajstić information content (AvgIpc) is 2.94. The van der Waals surface area contributed by atoms with Crippen LogP contribution in [0.25, 0.3) is 0 Å². The number of nitrogens with one attached hydrogen (secondary N) is 1. The molecule has 0 radical (unpaired) electrons. The number of carbonyl (C=O) groups excluding carboxylic acids is 1. The third kappa shape index (κ3) is 2.40. The van der Waals surface area contributed by atoms with E-state index in [0.717, 1.165) is 19.4 Å². The molecule has 0 unspecified atom stereocenters. The molecule has 2 aliphatic rings. The van der Waals surface area contributed by atoms with Gasteiger partial charge in [-0.3, -0.25) is 4.79 Å². The molecule has 0 aromatic rings. The Morgan fingerprint density at radius 3 is 2.75 bits per heavy atom. The Kier molecular flexibility index (Phi) is 3.53. The lowest BCUT2D eigenvalue weighted by Crippen LogP contribution is -2.38. The first-order chi connectivity index (χ1) is 7.71. The van der Waals surface area contributed by atoms with Crippen molar-refractivity contribution in [1.29, 1.82) is 0 Å². The molecule has 2 atom stereocenters. The summed E-state index contributed by atoms with van der Waals surface area (Å²) in [5.74, 6) is 0.877. The van der Waals surface area contributed by atoms with Crippen LogP contribution >= 0.6 is 0 Å². The molecule has 3 N–H and O–H groups in total. The number of hydrogen-bond donors (Lipinski definition) is 2. The highest BCUT2D eigenvalue weighted by atomic mass is 16.1. The van der Waals surface area contributed by atoms with Gasteiger partial charge in [-0.05, 0) is 50.0 Å². The van der Waals surface area contributed by atoms with Gasteiger partial charge in [0.05, 0.1) is 0 Å². The van der Waals surface area contributed by atoms with E-state index in [9.17, 15) is 4.79 Å². The van der Waals surface area contributed by atoms with Crippen LogP contribution in [0.5, 0.6) is 0 Å². The van der Waals surface area contributed by atoms with E-state index in [1.807, 2.05) is 0 Å². The van der Waals surface area contributed by atoms with E-state index in [1.54, 1.807) is 0 Å². The van der Waals surface area contributed by atoms with Crippen molar-refractivity contribution >= 4 is 5.91 Å². The van der Waals surface area contributed by atoms with Crippen molar-refractivity contribution in [1.82, 2.24) is 5.32 Å². The van der Waals surface area contributed by atoms with Gasteiger partial charge in [-0.15, -0.1) is 0 Å². The van der Waals surface area contributed by atoms with Gasteiger partial charge < -0.3 is 11.1 Å². The number of amides is 1. The van der Waals surface area contributed by atoms with Gasteiger partial charge in [0.2, 0.25) is 5.91 Å². The fourth-order valence-corrected chi connectivity index (χ4v) is 2.90. The molecule has 0 aromatic carbocycles. The molecule has 0 saturated heterocycles. The standard InChI is InChI=1S/C13H24N2O/c1-2-13(6-7-13)9-15-12(16)11-5-3-4-10(11)8-14/h10-11H,2-9,14H2,1H3,(H,15,16)/t10-,11-/m1/s1. The van der Waals surface area contributed by atoms with Crippen molar-refractivity contribution in [2.45, 2.75) is 45.4 Å². The lowest BCUT2D eigenvalue weighted by atomic mass is 9.95. The Morgan fingerprint density at radius 1 is 1.44 bits per heavy atom. The van der Waals surface area contributed by atoms with Gasteiger partial charge in [-0.25, -0.2) is 0 Å². The first kappa shape index (κ1) is 11.9. The second-order valence-corrected chi connectivity index (χ2v) is 5.60. The third-order valence-corrected chi connectivity index (χ3v) is 4.64. The highest BCUT2D eigenvalue weighted by molar-refractivity contribution is 5.79.